The number of nitrogens with one attached hydrogen (secondary N) is 1. The Morgan fingerprint density at radius 1 is 1.33 bits per heavy atom. The summed E-state index contributed by atoms with van der Waals surface area (Å²) in [4.78, 5) is 0. The summed E-state index contributed by atoms with van der Waals surface area (Å²) in [5, 5.41) is 3.50. The topological polar surface area (TPSA) is 55.4 Å². The molecule has 0 heterocycles. The van der Waals surface area contributed by atoms with Crippen molar-refractivity contribution in [2.45, 2.75) is 39.2 Å². The normalized spacial score (nSPS) is 13.1. The highest BCUT2D eigenvalue weighted by Crippen LogP contribution is 2.29. The Balaban J connectivity index is 2.88. The zero-order valence-electron chi connectivity index (χ0n) is 13.5. The van der Waals surface area contributed by atoms with Crippen LogP contribution in [0.4, 0.5) is 0 Å². The highest BCUT2D eigenvalue weighted by molar-refractivity contribution is 7.90. The Kier molecular flexibility index (Phi) is 7.18. The first kappa shape index (κ1) is 18.0. The lowest BCUT2D eigenvalue weighted by Crippen LogP contribution is -2.23. The van der Waals surface area contributed by atoms with Crippen molar-refractivity contribution in [2.75, 3.05) is 25.7 Å². The van der Waals surface area contributed by atoms with Gasteiger partial charge in [-0.2, -0.15) is 0 Å². The molecule has 0 saturated heterocycles. The van der Waals surface area contributed by atoms with E-state index in [1.54, 1.807) is 7.11 Å². The van der Waals surface area contributed by atoms with Gasteiger partial charge in [-0.1, -0.05) is 24.6 Å². The minimum absolute atomic E-state index is 0.126. The molecule has 4 nitrogen and oxygen atoms in total. The van der Waals surface area contributed by atoms with Gasteiger partial charge in [-0.25, -0.2) is 8.42 Å². The third kappa shape index (κ3) is 6.48. The summed E-state index contributed by atoms with van der Waals surface area (Å²) in [5.74, 6) is 1.08. The third-order valence-corrected chi connectivity index (χ3v) is 4.44. The molecule has 1 atom stereocenters. The van der Waals surface area contributed by atoms with E-state index in [2.05, 4.69) is 25.2 Å². The molecule has 1 aromatic rings. The van der Waals surface area contributed by atoms with E-state index in [0.717, 1.165) is 30.7 Å². The van der Waals surface area contributed by atoms with E-state index in [0.29, 0.717) is 6.42 Å². The number of aryl methyl sites for hydroxylation is 1. The molecular formula is C16H27NO3S. The van der Waals surface area contributed by atoms with Gasteiger partial charge >= 0.3 is 0 Å². The fourth-order valence-electron chi connectivity index (χ4n) is 2.36. The summed E-state index contributed by atoms with van der Waals surface area (Å²) < 4.78 is 28.0. The van der Waals surface area contributed by atoms with E-state index >= 15 is 0 Å². The molecule has 0 aliphatic heterocycles. The second-order valence-electron chi connectivity index (χ2n) is 5.52. The Morgan fingerprint density at radius 2 is 2.05 bits per heavy atom. The third-order valence-electron chi connectivity index (χ3n) is 3.41. The van der Waals surface area contributed by atoms with E-state index in [1.807, 2.05) is 12.1 Å². The van der Waals surface area contributed by atoms with Crippen molar-refractivity contribution in [3.05, 3.63) is 29.3 Å². The maximum Gasteiger partial charge on any atom is 0.147 e. The van der Waals surface area contributed by atoms with Crippen LogP contribution in [0.5, 0.6) is 5.75 Å². The lowest BCUT2D eigenvalue weighted by atomic mass is 9.99. The number of hydrogen-bond donors (Lipinski definition) is 1. The number of hydrogen-bond acceptors (Lipinski definition) is 4. The van der Waals surface area contributed by atoms with Crippen molar-refractivity contribution < 1.29 is 13.2 Å². The van der Waals surface area contributed by atoms with Crippen LogP contribution in [0.2, 0.25) is 0 Å². The highest BCUT2D eigenvalue weighted by Gasteiger charge is 2.16. The number of benzene rings is 1. The van der Waals surface area contributed by atoms with Gasteiger partial charge in [0.05, 0.1) is 7.11 Å². The summed E-state index contributed by atoms with van der Waals surface area (Å²) in [6, 6.07) is 6.24. The molecule has 0 aliphatic rings. The molecule has 1 rings (SSSR count). The van der Waals surface area contributed by atoms with Crippen LogP contribution in [0.1, 0.15) is 43.4 Å². The smallest absolute Gasteiger partial charge is 0.147 e. The molecule has 1 aromatic carbocycles. The van der Waals surface area contributed by atoms with Gasteiger partial charge in [0.25, 0.3) is 0 Å². The van der Waals surface area contributed by atoms with Crippen molar-refractivity contribution in [1.82, 2.24) is 5.32 Å². The zero-order valence-corrected chi connectivity index (χ0v) is 14.3. The van der Waals surface area contributed by atoms with Crippen LogP contribution >= 0.6 is 0 Å². The van der Waals surface area contributed by atoms with Crippen LogP contribution in [-0.4, -0.2) is 34.1 Å². The van der Waals surface area contributed by atoms with Crippen molar-refractivity contribution in [1.29, 1.82) is 0 Å². The van der Waals surface area contributed by atoms with Crippen LogP contribution in [0.25, 0.3) is 0 Å². The number of rotatable bonds is 9. The molecule has 5 heteroatoms. The van der Waals surface area contributed by atoms with Crippen LogP contribution in [0.15, 0.2) is 18.2 Å². The average molecular weight is 313 g/mol. The van der Waals surface area contributed by atoms with Gasteiger partial charge in [0, 0.05) is 23.6 Å². The fourth-order valence-corrected chi connectivity index (χ4v) is 3.05. The summed E-state index contributed by atoms with van der Waals surface area (Å²) in [6.07, 6.45) is 3.76. The van der Waals surface area contributed by atoms with Crippen molar-refractivity contribution in [3.63, 3.8) is 0 Å². The first-order valence-corrected chi connectivity index (χ1v) is 9.49. The quantitative estimate of drug-likeness (QED) is 0.761. The first-order valence-electron chi connectivity index (χ1n) is 7.43. The maximum absolute atomic E-state index is 11.3. The average Bonchev–Trinajstić information content (AvgIpc) is 2.41. The molecule has 0 aliphatic carbocycles. The van der Waals surface area contributed by atoms with Crippen molar-refractivity contribution in [3.8, 4) is 5.75 Å². The second-order valence-corrected chi connectivity index (χ2v) is 7.78. The predicted molar refractivity (Wildman–Crippen MR) is 87.7 cm³/mol. The Hall–Kier alpha value is -1.07. The van der Waals surface area contributed by atoms with E-state index in [1.165, 1.54) is 11.8 Å². The summed E-state index contributed by atoms with van der Waals surface area (Å²) >= 11 is 0. The minimum atomic E-state index is -2.91. The zero-order chi connectivity index (χ0) is 15.9. The number of sulfone groups is 1. The molecule has 0 radical (unpaired) electrons. The van der Waals surface area contributed by atoms with Gasteiger partial charge in [0.1, 0.15) is 15.6 Å². The molecule has 0 spiro atoms. The molecule has 1 unspecified atom stereocenters. The first-order chi connectivity index (χ1) is 9.87. The standard InChI is InChI=1S/C16H27NO3S/c1-5-10-17-15(7-6-11-21(4,18)19)14-12-13(2)8-9-16(14)20-3/h8-9,12,15,17H,5-7,10-11H2,1-4H3. The molecule has 1 N–H and O–H groups in total. The molecule has 0 aromatic heterocycles. The lowest BCUT2D eigenvalue weighted by molar-refractivity contribution is 0.394. The molecular weight excluding hydrogens is 286 g/mol. The second kappa shape index (κ2) is 8.39. The number of methoxy groups -OCH3 is 1. The van der Waals surface area contributed by atoms with Gasteiger partial charge in [-0.3, -0.25) is 0 Å². The monoisotopic (exact) mass is 313 g/mol. The Bertz CT molecular complexity index is 540. The summed E-state index contributed by atoms with van der Waals surface area (Å²) in [7, 11) is -1.24. The Labute approximate surface area is 128 Å². The predicted octanol–water partition coefficient (Wildman–Crippen LogP) is 2.87. The van der Waals surface area contributed by atoms with E-state index in [4.69, 9.17) is 4.74 Å². The molecule has 0 amide bonds. The van der Waals surface area contributed by atoms with Crippen LogP contribution in [0.3, 0.4) is 0 Å². The Morgan fingerprint density at radius 3 is 2.62 bits per heavy atom. The van der Waals surface area contributed by atoms with E-state index in [-0.39, 0.29) is 11.8 Å². The SMILES string of the molecule is CCCNC(CCCS(C)(=O)=O)c1cc(C)ccc1OC. The van der Waals surface area contributed by atoms with Crippen molar-refractivity contribution >= 4 is 9.84 Å². The van der Waals surface area contributed by atoms with Crippen LogP contribution in [-0.2, 0) is 9.84 Å². The minimum Gasteiger partial charge on any atom is -0.496 e. The van der Waals surface area contributed by atoms with Crippen molar-refractivity contribution in [2.24, 2.45) is 0 Å². The molecule has 120 valence electrons. The van der Waals surface area contributed by atoms with Gasteiger partial charge in [0.15, 0.2) is 0 Å². The molecule has 0 fully saturated rings. The summed E-state index contributed by atoms with van der Waals surface area (Å²) in [5.41, 5.74) is 2.29. The van der Waals surface area contributed by atoms with Gasteiger partial charge in [0.2, 0.25) is 0 Å². The van der Waals surface area contributed by atoms with E-state index in [9.17, 15) is 8.42 Å². The molecule has 0 bridgehead atoms. The van der Waals surface area contributed by atoms with Crippen LogP contribution < -0.4 is 10.1 Å². The lowest BCUT2D eigenvalue weighted by Gasteiger charge is -2.21. The summed E-state index contributed by atoms with van der Waals surface area (Å²) in [6.45, 7) is 5.07. The van der Waals surface area contributed by atoms with Crippen LogP contribution in [0, 0.1) is 6.92 Å². The number of ether oxygens (including phenoxy) is 1. The fraction of sp³-hybridized carbons (Fsp3) is 0.625. The van der Waals surface area contributed by atoms with E-state index < -0.39 is 9.84 Å². The van der Waals surface area contributed by atoms with Gasteiger partial charge in [-0.05, 0) is 38.8 Å². The molecule has 21 heavy (non-hydrogen) atoms. The maximum atomic E-state index is 11.3. The van der Waals surface area contributed by atoms with Gasteiger partial charge in [-0.15, -0.1) is 0 Å². The molecule has 0 saturated carbocycles. The highest BCUT2D eigenvalue weighted by atomic mass is 32.2. The largest absolute Gasteiger partial charge is 0.496 e. The van der Waals surface area contributed by atoms with Gasteiger partial charge < -0.3 is 10.1 Å².